The summed E-state index contributed by atoms with van der Waals surface area (Å²) in [5, 5.41) is 16.5. The Hall–Kier alpha value is -2.24. The molecular formula is C14H19N4O2. The standard InChI is InChI=1S/C14H19N4O2/c1-9(2)17-14(20)18(10(3)4)16-13(15-17)11-5-7-12(19)8-6-11/h5-10,19H,1-4H3. The Morgan fingerprint density at radius 1 is 1.00 bits per heavy atom. The highest BCUT2D eigenvalue weighted by Gasteiger charge is 2.33. The van der Waals surface area contributed by atoms with E-state index >= 15 is 0 Å². The fourth-order valence-corrected chi connectivity index (χ4v) is 1.81. The van der Waals surface area contributed by atoms with Gasteiger partial charge in [0.15, 0.2) is 5.84 Å². The lowest BCUT2D eigenvalue weighted by Gasteiger charge is -2.35. The zero-order valence-corrected chi connectivity index (χ0v) is 12.1. The molecule has 6 nitrogen and oxygen atoms in total. The largest absolute Gasteiger partial charge is 0.508 e. The van der Waals surface area contributed by atoms with Crippen molar-refractivity contribution in [1.29, 1.82) is 0 Å². The van der Waals surface area contributed by atoms with Crippen molar-refractivity contribution in [3.8, 4) is 5.75 Å². The van der Waals surface area contributed by atoms with E-state index in [1.54, 1.807) is 24.3 Å². The molecule has 0 saturated heterocycles. The second-order valence-electron chi connectivity index (χ2n) is 5.23. The molecular weight excluding hydrogens is 256 g/mol. The Kier molecular flexibility index (Phi) is 3.83. The van der Waals surface area contributed by atoms with Gasteiger partial charge in [-0.1, -0.05) is 0 Å². The number of rotatable bonds is 3. The average molecular weight is 275 g/mol. The number of urea groups is 1. The molecule has 1 aliphatic heterocycles. The molecule has 1 aromatic carbocycles. The van der Waals surface area contributed by atoms with Gasteiger partial charge in [-0.2, -0.15) is 0 Å². The number of nitrogens with zero attached hydrogens (tertiary/aromatic N) is 4. The van der Waals surface area contributed by atoms with E-state index in [0.717, 1.165) is 5.56 Å². The van der Waals surface area contributed by atoms with Crippen molar-refractivity contribution in [1.82, 2.24) is 15.4 Å². The average Bonchev–Trinajstić information content (AvgIpc) is 2.39. The van der Waals surface area contributed by atoms with Crippen molar-refractivity contribution in [3.05, 3.63) is 29.8 Å². The van der Waals surface area contributed by atoms with Crippen LogP contribution in [0.3, 0.4) is 0 Å². The molecule has 2 amide bonds. The third-order valence-electron chi connectivity index (χ3n) is 2.90. The fraction of sp³-hybridized carbons (Fsp3) is 0.429. The second kappa shape index (κ2) is 5.40. The van der Waals surface area contributed by atoms with Gasteiger partial charge in [0.25, 0.3) is 0 Å². The van der Waals surface area contributed by atoms with E-state index in [-0.39, 0.29) is 23.9 Å². The number of phenols is 1. The topological polar surface area (TPSA) is 70.2 Å². The van der Waals surface area contributed by atoms with Crippen LogP contribution in [0, 0.1) is 0 Å². The van der Waals surface area contributed by atoms with Gasteiger partial charge in [-0.25, -0.2) is 14.8 Å². The van der Waals surface area contributed by atoms with Gasteiger partial charge in [-0.05, 0) is 52.0 Å². The van der Waals surface area contributed by atoms with Crippen LogP contribution in [0.1, 0.15) is 33.3 Å². The van der Waals surface area contributed by atoms with Crippen LogP contribution in [-0.2, 0) is 0 Å². The van der Waals surface area contributed by atoms with Gasteiger partial charge in [-0.3, -0.25) is 0 Å². The first-order valence-corrected chi connectivity index (χ1v) is 6.62. The van der Waals surface area contributed by atoms with Gasteiger partial charge in [0.2, 0.25) is 0 Å². The molecule has 0 spiro atoms. The van der Waals surface area contributed by atoms with Gasteiger partial charge in [-0.15, -0.1) is 10.5 Å². The molecule has 0 atom stereocenters. The number of phenolic OH excluding ortho intramolecular Hbond substituents is 1. The molecule has 0 bridgehead atoms. The summed E-state index contributed by atoms with van der Waals surface area (Å²) in [6.07, 6.45) is 0. The Bertz CT molecular complexity index is 522. The summed E-state index contributed by atoms with van der Waals surface area (Å²) >= 11 is 0. The predicted molar refractivity (Wildman–Crippen MR) is 76.1 cm³/mol. The SMILES string of the molecule is CC(C)N1[N]C(c2ccc(O)cc2)=NN(C(C)C)C1=O. The van der Waals surface area contributed by atoms with Crippen molar-refractivity contribution >= 4 is 11.9 Å². The quantitative estimate of drug-likeness (QED) is 0.918. The number of hydrazone groups is 1. The van der Waals surface area contributed by atoms with E-state index in [1.807, 2.05) is 27.7 Å². The molecule has 6 heteroatoms. The van der Waals surface area contributed by atoms with Crippen LogP contribution < -0.4 is 5.43 Å². The molecule has 1 N–H and O–H groups in total. The van der Waals surface area contributed by atoms with E-state index < -0.39 is 0 Å². The summed E-state index contributed by atoms with van der Waals surface area (Å²) in [5.74, 6) is 0.648. The minimum atomic E-state index is -0.225. The maximum atomic E-state index is 12.3. The van der Waals surface area contributed by atoms with Crippen LogP contribution in [0.15, 0.2) is 29.4 Å². The Morgan fingerprint density at radius 2 is 1.55 bits per heavy atom. The molecule has 0 aromatic heterocycles. The van der Waals surface area contributed by atoms with Gasteiger partial charge in [0, 0.05) is 5.56 Å². The molecule has 1 radical (unpaired) electrons. The minimum Gasteiger partial charge on any atom is -0.508 e. The number of carbonyl (C=O) groups excluding carboxylic acids is 1. The van der Waals surface area contributed by atoms with Crippen molar-refractivity contribution in [3.63, 3.8) is 0 Å². The molecule has 0 saturated carbocycles. The molecule has 2 rings (SSSR count). The summed E-state index contributed by atoms with van der Waals surface area (Å²) in [4.78, 5) is 12.3. The Labute approximate surface area is 118 Å². The second-order valence-corrected chi connectivity index (χ2v) is 5.23. The number of hydrogen-bond donors (Lipinski definition) is 1. The fourth-order valence-electron chi connectivity index (χ4n) is 1.81. The molecule has 1 aliphatic rings. The molecule has 0 fully saturated rings. The van der Waals surface area contributed by atoms with Gasteiger partial charge < -0.3 is 5.11 Å². The van der Waals surface area contributed by atoms with Crippen LogP contribution in [0.2, 0.25) is 0 Å². The highest BCUT2D eigenvalue weighted by Crippen LogP contribution is 2.17. The van der Waals surface area contributed by atoms with Crippen LogP contribution in [0.5, 0.6) is 5.75 Å². The van der Waals surface area contributed by atoms with E-state index in [2.05, 4.69) is 10.5 Å². The van der Waals surface area contributed by atoms with Crippen molar-refractivity contribution in [2.75, 3.05) is 0 Å². The number of aromatic hydroxyl groups is 1. The molecule has 0 aliphatic carbocycles. The summed E-state index contributed by atoms with van der Waals surface area (Å²) < 4.78 is 0. The van der Waals surface area contributed by atoms with E-state index in [9.17, 15) is 9.90 Å². The van der Waals surface area contributed by atoms with Crippen molar-refractivity contribution in [2.45, 2.75) is 39.8 Å². The lowest BCUT2D eigenvalue weighted by atomic mass is 10.2. The molecule has 0 unspecified atom stereocenters. The summed E-state index contributed by atoms with van der Waals surface area (Å²) in [6.45, 7) is 7.61. The van der Waals surface area contributed by atoms with Gasteiger partial charge >= 0.3 is 6.03 Å². The van der Waals surface area contributed by atoms with Gasteiger partial charge in [0.05, 0.1) is 12.1 Å². The number of benzene rings is 1. The maximum Gasteiger partial charge on any atom is 0.361 e. The Balaban J connectivity index is 2.38. The minimum absolute atomic E-state index is 0.0497. The van der Waals surface area contributed by atoms with E-state index in [0.29, 0.717) is 5.84 Å². The molecule has 20 heavy (non-hydrogen) atoms. The smallest absolute Gasteiger partial charge is 0.361 e. The monoisotopic (exact) mass is 275 g/mol. The van der Waals surface area contributed by atoms with Crippen LogP contribution in [-0.4, -0.2) is 39.1 Å². The third kappa shape index (κ3) is 2.68. The first-order valence-electron chi connectivity index (χ1n) is 6.62. The van der Waals surface area contributed by atoms with Crippen molar-refractivity contribution in [2.24, 2.45) is 5.10 Å². The summed E-state index contributed by atoms with van der Waals surface area (Å²) in [7, 11) is 0. The van der Waals surface area contributed by atoms with Crippen LogP contribution in [0.25, 0.3) is 0 Å². The highest BCUT2D eigenvalue weighted by molar-refractivity contribution is 6.01. The molecule has 1 aromatic rings. The summed E-state index contributed by atoms with van der Waals surface area (Å²) in [5.41, 5.74) is 5.06. The predicted octanol–water partition coefficient (Wildman–Crippen LogP) is 2.13. The summed E-state index contributed by atoms with van der Waals surface area (Å²) in [6, 6.07) is 6.27. The number of carbonyl (C=O) groups is 1. The first-order chi connectivity index (χ1) is 9.40. The van der Waals surface area contributed by atoms with Crippen LogP contribution in [0.4, 0.5) is 4.79 Å². The number of hydrogen-bond acceptors (Lipinski definition) is 3. The van der Waals surface area contributed by atoms with E-state index in [4.69, 9.17) is 0 Å². The van der Waals surface area contributed by atoms with Gasteiger partial charge in [0.1, 0.15) is 5.75 Å². The number of amides is 2. The highest BCUT2D eigenvalue weighted by atomic mass is 16.3. The Morgan fingerprint density at radius 3 is 2.05 bits per heavy atom. The lowest BCUT2D eigenvalue weighted by Crippen LogP contribution is -2.56. The van der Waals surface area contributed by atoms with Crippen LogP contribution >= 0.6 is 0 Å². The first kappa shape index (κ1) is 14.2. The third-order valence-corrected chi connectivity index (χ3v) is 2.90. The molecule has 107 valence electrons. The lowest BCUT2D eigenvalue weighted by molar-refractivity contribution is 0.104. The molecule has 1 heterocycles. The normalized spacial score (nSPS) is 15.7. The van der Waals surface area contributed by atoms with Crippen molar-refractivity contribution < 1.29 is 9.90 Å². The zero-order chi connectivity index (χ0) is 14.9. The maximum absolute atomic E-state index is 12.3. The van der Waals surface area contributed by atoms with E-state index in [1.165, 1.54) is 10.0 Å². The zero-order valence-electron chi connectivity index (χ0n) is 12.1. The number of amidine groups is 1.